The van der Waals surface area contributed by atoms with Crippen molar-refractivity contribution in [1.29, 1.82) is 0 Å². The zero-order valence-corrected chi connectivity index (χ0v) is 20.4. The second kappa shape index (κ2) is 9.76. The van der Waals surface area contributed by atoms with Crippen LogP contribution in [0.2, 0.25) is 0 Å². The van der Waals surface area contributed by atoms with Gasteiger partial charge in [-0.05, 0) is 55.7 Å². The summed E-state index contributed by atoms with van der Waals surface area (Å²) in [6, 6.07) is 11.4. The second-order valence-corrected chi connectivity index (χ2v) is 8.76. The molecule has 3 heterocycles. The summed E-state index contributed by atoms with van der Waals surface area (Å²) in [5.41, 5.74) is 4.08. The minimum atomic E-state index is -1.35. The normalized spacial score (nSPS) is 13.3. The van der Waals surface area contributed by atoms with Gasteiger partial charge in [-0.3, -0.25) is 4.79 Å². The summed E-state index contributed by atoms with van der Waals surface area (Å²) in [7, 11) is 0. The van der Waals surface area contributed by atoms with Crippen LogP contribution in [0.1, 0.15) is 16.7 Å². The van der Waals surface area contributed by atoms with E-state index in [-0.39, 0.29) is 31.6 Å². The first-order chi connectivity index (χ1) is 17.8. The maximum Gasteiger partial charge on any atom is 0.506 e. The number of carbonyl (C=O) groups excluding carboxylic acids is 1. The number of hydrogen-bond acceptors (Lipinski definition) is 9. The van der Waals surface area contributed by atoms with Crippen molar-refractivity contribution < 1.29 is 33.3 Å². The SMILES string of the molecule is Cc1ccccc1Oc1ncc2nc(-c3cc(C)c(OCC(=O)N4CC(OC(=O)O)C4)c(C)c3)oc2n1. The summed E-state index contributed by atoms with van der Waals surface area (Å²) >= 11 is 0. The van der Waals surface area contributed by atoms with Crippen molar-refractivity contribution >= 4 is 23.3 Å². The van der Waals surface area contributed by atoms with Crippen molar-refractivity contribution in [3.05, 3.63) is 59.3 Å². The average molecular weight is 504 g/mol. The predicted molar refractivity (Wildman–Crippen MR) is 131 cm³/mol. The van der Waals surface area contributed by atoms with E-state index in [1.54, 1.807) is 6.20 Å². The van der Waals surface area contributed by atoms with Crippen LogP contribution in [0.25, 0.3) is 22.7 Å². The lowest BCUT2D eigenvalue weighted by Gasteiger charge is -2.37. The van der Waals surface area contributed by atoms with E-state index in [2.05, 4.69) is 19.7 Å². The summed E-state index contributed by atoms with van der Waals surface area (Å²) in [6.45, 7) is 5.96. The number of rotatable bonds is 7. The van der Waals surface area contributed by atoms with Gasteiger partial charge in [0.15, 0.2) is 6.61 Å². The van der Waals surface area contributed by atoms with Crippen LogP contribution in [0.3, 0.4) is 0 Å². The summed E-state index contributed by atoms with van der Waals surface area (Å²) in [5.74, 6) is 1.37. The fourth-order valence-corrected chi connectivity index (χ4v) is 4.05. The van der Waals surface area contributed by atoms with E-state index in [4.69, 9.17) is 19.0 Å². The molecule has 2 aromatic carbocycles. The van der Waals surface area contributed by atoms with Crippen molar-refractivity contribution in [2.75, 3.05) is 19.7 Å². The average Bonchev–Trinajstić information content (AvgIpc) is 3.25. The van der Waals surface area contributed by atoms with Gasteiger partial charge in [0.05, 0.1) is 19.3 Å². The van der Waals surface area contributed by atoms with E-state index in [0.29, 0.717) is 28.6 Å². The molecule has 1 N–H and O–H groups in total. The molecule has 0 radical (unpaired) electrons. The summed E-state index contributed by atoms with van der Waals surface area (Å²) in [6.07, 6.45) is -0.287. The summed E-state index contributed by atoms with van der Waals surface area (Å²) in [5, 5.41) is 8.63. The molecule has 11 heteroatoms. The molecule has 190 valence electrons. The Balaban J connectivity index is 1.27. The number of benzene rings is 2. The number of ether oxygens (including phenoxy) is 3. The van der Waals surface area contributed by atoms with Crippen LogP contribution in [-0.4, -0.2) is 62.8 Å². The highest BCUT2D eigenvalue weighted by atomic mass is 16.7. The fourth-order valence-electron chi connectivity index (χ4n) is 4.05. The molecule has 0 bridgehead atoms. The lowest BCUT2D eigenvalue weighted by molar-refractivity contribution is -0.144. The Kier molecular flexibility index (Phi) is 6.34. The highest BCUT2D eigenvalue weighted by Gasteiger charge is 2.33. The Morgan fingerprint density at radius 2 is 1.81 bits per heavy atom. The number of likely N-dealkylation sites (tertiary alicyclic amines) is 1. The van der Waals surface area contributed by atoms with E-state index in [1.807, 2.05) is 57.2 Å². The van der Waals surface area contributed by atoms with Crippen molar-refractivity contribution in [3.63, 3.8) is 0 Å². The van der Waals surface area contributed by atoms with Crippen LogP contribution in [0, 0.1) is 20.8 Å². The third kappa shape index (κ3) is 5.15. The third-order valence-electron chi connectivity index (χ3n) is 5.94. The van der Waals surface area contributed by atoms with Crippen LogP contribution in [0.5, 0.6) is 17.5 Å². The van der Waals surface area contributed by atoms with Gasteiger partial charge in [0.1, 0.15) is 23.1 Å². The molecular formula is C26H24N4O7. The number of oxazole rings is 1. The Morgan fingerprint density at radius 1 is 1.08 bits per heavy atom. The molecule has 1 fully saturated rings. The first-order valence-corrected chi connectivity index (χ1v) is 11.6. The number of amides is 1. The number of carbonyl (C=O) groups is 2. The van der Waals surface area contributed by atoms with Crippen LogP contribution >= 0.6 is 0 Å². The van der Waals surface area contributed by atoms with E-state index in [9.17, 15) is 9.59 Å². The van der Waals surface area contributed by atoms with Crippen molar-refractivity contribution in [2.45, 2.75) is 26.9 Å². The third-order valence-corrected chi connectivity index (χ3v) is 5.94. The molecule has 5 rings (SSSR count). The van der Waals surface area contributed by atoms with Gasteiger partial charge in [-0.2, -0.15) is 4.98 Å². The van der Waals surface area contributed by atoms with Crippen LogP contribution in [0.4, 0.5) is 4.79 Å². The first kappa shape index (κ1) is 24.0. The van der Waals surface area contributed by atoms with E-state index in [0.717, 1.165) is 22.3 Å². The molecule has 0 spiro atoms. The lowest BCUT2D eigenvalue weighted by atomic mass is 10.1. The zero-order valence-electron chi connectivity index (χ0n) is 20.4. The molecule has 37 heavy (non-hydrogen) atoms. The fraction of sp³-hybridized carbons (Fsp3) is 0.269. The lowest BCUT2D eigenvalue weighted by Crippen LogP contribution is -2.56. The summed E-state index contributed by atoms with van der Waals surface area (Å²) in [4.78, 5) is 37.5. The second-order valence-electron chi connectivity index (χ2n) is 8.76. The monoisotopic (exact) mass is 504 g/mol. The number of hydrogen-bond donors (Lipinski definition) is 1. The van der Waals surface area contributed by atoms with Crippen molar-refractivity contribution in [1.82, 2.24) is 19.9 Å². The molecule has 4 aromatic rings. The first-order valence-electron chi connectivity index (χ1n) is 11.6. The molecular weight excluding hydrogens is 480 g/mol. The highest BCUT2D eigenvalue weighted by molar-refractivity contribution is 5.79. The Morgan fingerprint density at radius 3 is 2.51 bits per heavy atom. The maximum atomic E-state index is 12.4. The number of para-hydroxylation sites is 1. The van der Waals surface area contributed by atoms with E-state index < -0.39 is 12.3 Å². The predicted octanol–water partition coefficient (Wildman–Crippen LogP) is 4.29. The number of aromatic nitrogens is 3. The molecule has 2 aromatic heterocycles. The van der Waals surface area contributed by atoms with Crippen molar-refractivity contribution in [3.8, 4) is 29.0 Å². The van der Waals surface area contributed by atoms with Crippen molar-refractivity contribution in [2.24, 2.45) is 0 Å². The van der Waals surface area contributed by atoms with Crippen LogP contribution in [0.15, 0.2) is 47.0 Å². The van der Waals surface area contributed by atoms with Gasteiger partial charge in [0.2, 0.25) is 5.89 Å². The largest absolute Gasteiger partial charge is 0.506 e. The molecule has 0 saturated carbocycles. The Hall–Kier alpha value is -4.67. The van der Waals surface area contributed by atoms with Gasteiger partial charge in [-0.1, -0.05) is 18.2 Å². The van der Waals surface area contributed by atoms with Crippen LogP contribution < -0.4 is 9.47 Å². The molecule has 1 amide bonds. The van der Waals surface area contributed by atoms with Gasteiger partial charge >= 0.3 is 12.2 Å². The van der Waals surface area contributed by atoms with Gasteiger partial charge < -0.3 is 28.6 Å². The van der Waals surface area contributed by atoms with Gasteiger partial charge in [0, 0.05) is 5.56 Å². The topological polar surface area (TPSA) is 137 Å². The molecule has 0 atom stereocenters. The molecule has 1 aliphatic rings. The minimum absolute atomic E-state index is 0.160. The molecule has 0 unspecified atom stereocenters. The number of carboxylic acid groups (broad SMARTS) is 1. The van der Waals surface area contributed by atoms with Crippen LogP contribution in [-0.2, 0) is 9.53 Å². The van der Waals surface area contributed by atoms with E-state index in [1.165, 1.54) is 4.90 Å². The van der Waals surface area contributed by atoms with Gasteiger partial charge in [-0.25, -0.2) is 14.8 Å². The standard InChI is InChI=1S/C26H24N4O7/c1-14-6-4-5-7-20(14)36-25-27-10-19-24(29-25)37-23(28-19)17-8-15(2)22(16(3)9-17)34-13-21(31)30-11-18(12-30)35-26(32)33/h4-10,18H,11-13H2,1-3H3,(H,32,33). The maximum absolute atomic E-state index is 12.4. The summed E-state index contributed by atoms with van der Waals surface area (Å²) < 4.78 is 22.1. The molecule has 1 saturated heterocycles. The Labute approximate surface area is 211 Å². The van der Waals surface area contributed by atoms with Gasteiger partial charge in [-0.15, -0.1) is 0 Å². The van der Waals surface area contributed by atoms with E-state index >= 15 is 0 Å². The zero-order chi connectivity index (χ0) is 26.1. The molecule has 1 aliphatic heterocycles. The van der Waals surface area contributed by atoms with Gasteiger partial charge in [0.25, 0.3) is 11.6 Å². The minimum Gasteiger partial charge on any atom is -0.483 e. The number of fused-ring (bicyclic) bond motifs is 1. The number of aryl methyl sites for hydroxylation is 3. The quantitative estimate of drug-likeness (QED) is 0.363. The Bertz CT molecular complexity index is 1470. The molecule has 11 nitrogen and oxygen atoms in total. The highest BCUT2D eigenvalue weighted by Crippen LogP contribution is 2.32. The molecule has 0 aliphatic carbocycles. The number of nitrogens with zero attached hydrogens (tertiary/aromatic N) is 4. The smallest absolute Gasteiger partial charge is 0.483 e.